The van der Waals surface area contributed by atoms with E-state index in [-0.39, 0.29) is 54.7 Å². The molecule has 14 heteroatoms. The molecule has 0 aliphatic carbocycles. The quantitative estimate of drug-likeness (QED) is 0.103. The molecular formula is C50H71FN2O10S. The molecule has 3 aromatic rings. The molecule has 0 amide bonds. The molecule has 0 saturated carbocycles. The van der Waals surface area contributed by atoms with E-state index in [0.717, 1.165) is 132 Å². The molecule has 12 nitrogen and oxygen atoms in total. The van der Waals surface area contributed by atoms with Crippen LogP contribution < -0.4 is 18.9 Å². The molecule has 3 fully saturated rings. The van der Waals surface area contributed by atoms with Crippen molar-refractivity contribution in [3.63, 3.8) is 0 Å². The molecule has 5 aliphatic heterocycles. The van der Waals surface area contributed by atoms with Gasteiger partial charge in [-0.2, -0.15) is 8.42 Å². The average molecular weight is 910 g/mol. The van der Waals surface area contributed by atoms with E-state index in [9.17, 15) is 17.9 Å². The number of piperidine rings is 2. The normalized spacial score (nSPS) is 25.7. The van der Waals surface area contributed by atoms with E-state index in [0.29, 0.717) is 18.8 Å². The number of nitrogens with zero attached hydrogens (tertiary/aromatic N) is 2. The molecule has 354 valence electrons. The van der Waals surface area contributed by atoms with Gasteiger partial charge in [0.05, 0.1) is 58.8 Å². The highest BCUT2D eigenvalue weighted by molar-refractivity contribution is 7.86. The molecule has 0 spiro atoms. The van der Waals surface area contributed by atoms with Crippen molar-refractivity contribution in [2.24, 2.45) is 11.8 Å². The zero-order chi connectivity index (χ0) is 45.2. The average Bonchev–Trinajstić information content (AvgIpc) is 3.31. The van der Waals surface area contributed by atoms with E-state index in [4.69, 9.17) is 32.6 Å². The number of benzene rings is 3. The van der Waals surface area contributed by atoms with Gasteiger partial charge in [0, 0.05) is 44.9 Å². The first-order valence-corrected chi connectivity index (χ1v) is 24.9. The van der Waals surface area contributed by atoms with E-state index >= 15 is 0 Å². The van der Waals surface area contributed by atoms with Crippen LogP contribution in [0.2, 0.25) is 0 Å². The molecule has 0 aromatic heterocycles. The van der Waals surface area contributed by atoms with Gasteiger partial charge < -0.3 is 33.5 Å². The van der Waals surface area contributed by atoms with Gasteiger partial charge in [-0.25, -0.2) is 0 Å². The first kappa shape index (κ1) is 48.4. The fourth-order valence-electron chi connectivity index (χ4n) is 10.5. The van der Waals surface area contributed by atoms with Gasteiger partial charge in [0.2, 0.25) is 0 Å². The van der Waals surface area contributed by atoms with E-state index in [2.05, 4.69) is 34.1 Å². The van der Waals surface area contributed by atoms with Gasteiger partial charge in [0.1, 0.15) is 0 Å². The molecule has 7 atom stereocenters. The smallest absolute Gasteiger partial charge is 0.296 e. The second-order valence-electron chi connectivity index (χ2n) is 18.1. The van der Waals surface area contributed by atoms with Crippen LogP contribution in [0.4, 0.5) is 4.39 Å². The Morgan fingerprint density at radius 2 is 1.30 bits per heavy atom. The Labute approximate surface area is 380 Å². The highest BCUT2D eigenvalue weighted by Gasteiger charge is 2.41. The van der Waals surface area contributed by atoms with Crippen molar-refractivity contribution >= 4 is 10.1 Å². The van der Waals surface area contributed by atoms with Gasteiger partial charge in [-0.15, -0.1) is 0 Å². The number of aliphatic hydroxyl groups is 1. The summed E-state index contributed by atoms with van der Waals surface area (Å²) < 4.78 is 77.5. The molecule has 5 heterocycles. The zero-order valence-corrected chi connectivity index (χ0v) is 39.4. The molecule has 3 saturated heterocycles. The third-order valence-electron chi connectivity index (χ3n) is 14.1. The molecule has 1 N–H and O–H groups in total. The zero-order valence-electron chi connectivity index (χ0n) is 38.6. The summed E-state index contributed by atoms with van der Waals surface area (Å²) in [6, 6.07) is 15.7. The van der Waals surface area contributed by atoms with Gasteiger partial charge in [-0.1, -0.05) is 30.5 Å². The number of unbranched alkanes of at least 4 members (excludes halogenated alkanes) is 2. The van der Waals surface area contributed by atoms with Crippen LogP contribution in [0.3, 0.4) is 0 Å². The molecule has 3 aromatic carbocycles. The molecule has 5 aliphatic rings. The Morgan fingerprint density at radius 1 is 0.734 bits per heavy atom. The Hall–Kier alpha value is -3.50. The van der Waals surface area contributed by atoms with Gasteiger partial charge in [0.15, 0.2) is 29.3 Å². The lowest BCUT2D eigenvalue weighted by Gasteiger charge is -2.48. The molecule has 0 bridgehead atoms. The maximum Gasteiger partial charge on any atom is 0.296 e. The van der Waals surface area contributed by atoms with Crippen molar-refractivity contribution in [3.8, 4) is 23.0 Å². The van der Waals surface area contributed by atoms with E-state index in [1.807, 2.05) is 6.92 Å². The summed E-state index contributed by atoms with van der Waals surface area (Å²) >= 11 is 0. The Morgan fingerprint density at radius 3 is 1.88 bits per heavy atom. The summed E-state index contributed by atoms with van der Waals surface area (Å²) in [7, 11) is 2.94. The first-order valence-electron chi connectivity index (χ1n) is 23.5. The van der Waals surface area contributed by atoms with E-state index in [1.165, 1.54) is 22.3 Å². The maximum absolute atomic E-state index is 12.5. The number of alkyl halides is 1. The minimum atomic E-state index is -3.74. The second kappa shape index (κ2) is 22.8. The van der Waals surface area contributed by atoms with Crippen LogP contribution >= 0.6 is 0 Å². The third-order valence-corrected chi connectivity index (χ3v) is 15.4. The number of fused-ring (bicyclic) bond motifs is 6. The van der Waals surface area contributed by atoms with Crippen LogP contribution in [-0.4, -0.2) is 116 Å². The van der Waals surface area contributed by atoms with Crippen molar-refractivity contribution in [1.82, 2.24) is 9.80 Å². The van der Waals surface area contributed by atoms with Gasteiger partial charge in [-0.3, -0.25) is 18.4 Å². The third kappa shape index (κ3) is 11.7. The van der Waals surface area contributed by atoms with Crippen LogP contribution in [0.25, 0.3) is 0 Å². The fraction of sp³-hybridized carbons (Fsp3) is 0.640. The summed E-state index contributed by atoms with van der Waals surface area (Å²) in [5, 5.41) is 10.6. The Bertz CT molecular complexity index is 2070. The van der Waals surface area contributed by atoms with Gasteiger partial charge in [0.25, 0.3) is 10.1 Å². The van der Waals surface area contributed by atoms with Crippen molar-refractivity contribution < 1.29 is 50.5 Å². The minimum absolute atomic E-state index is 0.0700. The van der Waals surface area contributed by atoms with Crippen LogP contribution in [0.1, 0.15) is 111 Å². The largest absolute Gasteiger partial charge is 0.493 e. The lowest BCUT2D eigenvalue weighted by atomic mass is 9.80. The second-order valence-corrected chi connectivity index (χ2v) is 19.7. The summed E-state index contributed by atoms with van der Waals surface area (Å²) in [6.07, 6.45) is 11.2. The van der Waals surface area contributed by atoms with Crippen LogP contribution in [-0.2, 0) is 36.6 Å². The number of rotatable bonds is 17. The monoisotopic (exact) mass is 909 g/mol. The lowest BCUT2D eigenvalue weighted by molar-refractivity contribution is -0.212. The lowest BCUT2D eigenvalue weighted by Crippen LogP contribution is -2.49. The van der Waals surface area contributed by atoms with Gasteiger partial charge >= 0.3 is 0 Å². The van der Waals surface area contributed by atoms with Crippen LogP contribution in [0.5, 0.6) is 23.0 Å². The minimum Gasteiger partial charge on any atom is -0.493 e. The van der Waals surface area contributed by atoms with Gasteiger partial charge in [-0.05, 0) is 148 Å². The van der Waals surface area contributed by atoms with E-state index in [1.54, 1.807) is 52.7 Å². The first-order chi connectivity index (χ1) is 31.0. The maximum atomic E-state index is 12.5. The number of methoxy groups -OCH3 is 4. The topological polar surface area (TPSA) is 125 Å². The highest BCUT2D eigenvalue weighted by Crippen LogP contribution is 2.46. The van der Waals surface area contributed by atoms with E-state index < -0.39 is 10.1 Å². The predicted octanol–water partition coefficient (Wildman–Crippen LogP) is 8.54. The molecule has 0 radical (unpaired) electrons. The molecule has 8 rings (SSSR count). The summed E-state index contributed by atoms with van der Waals surface area (Å²) in [5.74, 6) is 3.66. The standard InChI is InChI=1S/C31H43NO7S.C19H28FNO3/c1-22-10-12-25(13-11-22)40(33,34)38-17-7-4-8-24-21-32-15-14-23-18-29(35-2)30(36-3)19-26(23)27(32)20-28(24)39-31-9-5-6-16-37-31;1-23-18-9-13-6-8-21-12-14(5-3-4-7-20)17(22)11-16(21)15(13)10-19(18)24-2/h10-13,18-19,24,27-28,31H,4-9,14-17,20-21H2,1-3H3;9-10,14,16-17,22H,3-8,11-12H2,1-2H3/t24-,27-,28-,31?;14-,16-,17-/m11/s1/i;20-1. The number of ether oxygens (including phenoxy) is 6. The molecular weight excluding hydrogens is 839 g/mol. The Balaban J connectivity index is 0.000000217. The number of aryl methyl sites for hydroxylation is 1. The highest BCUT2D eigenvalue weighted by atomic mass is 32.2. The summed E-state index contributed by atoms with van der Waals surface area (Å²) in [4.78, 5) is 5.26. The number of hydrogen-bond donors (Lipinski definition) is 1. The number of aliphatic hydroxyl groups excluding tert-OH is 1. The Kier molecular flexibility index (Phi) is 17.3. The van der Waals surface area contributed by atoms with Crippen LogP contribution in [0, 0.1) is 18.8 Å². The van der Waals surface area contributed by atoms with Crippen molar-refractivity contribution in [2.75, 3.05) is 74.5 Å². The van der Waals surface area contributed by atoms with Crippen LogP contribution in [0.15, 0.2) is 53.4 Å². The summed E-state index contributed by atoms with van der Waals surface area (Å²) in [5.41, 5.74) is 6.17. The number of hydrogen-bond acceptors (Lipinski definition) is 12. The van der Waals surface area contributed by atoms with Crippen molar-refractivity contribution in [3.05, 3.63) is 76.3 Å². The molecule has 64 heavy (non-hydrogen) atoms. The van der Waals surface area contributed by atoms with Crippen molar-refractivity contribution in [1.29, 1.82) is 0 Å². The summed E-state index contributed by atoms with van der Waals surface area (Å²) in [6.45, 7) is 6.44. The molecule has 1 unspecified atom stereocenters. The van der Waals surface area contributed by atoms with Crippen molar-refractivity contribution in [2.45, 2.75) is 126 Å². The fourth-order valence-corrected chi connectivity index (χ4v) is 11.5. The predicted molar refractivity (Wildman–Crippen MR) is 244 cm³/mol. The number of halogens is 1. The SMILES string of the molecule is COc1cc2c(cc1OC)[C@H]1C[C@@H](O)[C@H](CCCC[18F])CN1CC2.COc1cc2c(cc1OC)[C@H]1C[C@@H](OC3CCCCO3)[C@H](CCCCOS(=O)(=O)c3ccc(C)cc3)CN1CC2.